The van der Waals surface area contributed by atoms with Crippen molar-refractivity contribution in [1.29, 1.82) is 0 Å². The predicted octanol–water partition coefficient (Wildman–Crippen LogP) is 5.21. The number of nitro groups is 1. The Morgan fingerprint density at radius 1 is 1.09 bits per heavy atom. The summed E-state index contributed by atoms with van der Waals surface area (Å²) in [5.74, 6) is -0.501. The number of allylic oxidation sites excluding steroid dienone is 1. The summed E-state index contributed by atoms with van der Waals surface area (Å²) in [6.45, 7) is 3.02. The topological polar surface area (TPSA) is 180 Å². The van der Waals surface area contributed by atoms with Gasteiger partial charge in [-0.2, -0.15) is 5.10 Å². The molecule has 1 aliphatic rings. The Kier molecular flexibility index (Phi) is 11.6. The van der Waals surface area contributed by atoms with Gasteiger partial charge in [-0.1, -0.05) is 41.4 Å². The predicted molar refractivity (Wildman–Crippen MR) is 172 cm³/mol. The van der Waals surface area contributed by atoms with Gasteiger partial charge in [-0.25, -0.2) is 15.0 Å². The van der Waals surface area contributed by atoms with Gasteiger partial charge in [0.05, 0.1) is 46.5 Å². The second-order valence-electron chi connectivity index (χ2n) is 9.81. The first-order valence-electron chi connectivity index (χ1n) is 13.9. The number of carbonyl (C=O) groups excluding carboxylic acids is 3. The molecule has 0 aromatic heterocycles. The lowest BCUT2D eigenvalue weighted by Crippen LogP contribution is -2.45. The average molecular weight is 687 g/mol. The van der Waals surface area contributed by atoms with E-state index in [1.165, 1.54) is 37.6 Å². The quantitative estimate of drug-likeness (QED) is 0.0942. The number of urea groups is 1. The molecule has 1 atom stereocenters. The van der Waals surface area contributed by atoms with E-state index in [0.29, 0.717) is 22.4 Å². The Labute approximate surface area is 278 Å². The molecule has 1 heterocycles. The third-order valence-corrected chi connectivity index (χ3v) is 7.13. The lowest BCUT2D eigenvalue weighted by Gasteiger charge is -2.28. The van der Waals surface area contributed by atoms with Gasteiger partial charge in [-0.05, 0) is 54.8 Å². The van der Waals surface area contributed by atoms with Gasteiger partial charge in [-0.3, -0.25) is 14.9 Å². The molecule has 0 aliphatic carbocycles. The first kappa shape index (κ1) is 34.5. The molecular weight excluding hydrogens is 657 g/mol. The minimum absolute atomic E-state index is 0.00189. The van der Waals surface area contributed by atoms with Crippen LogP contribution >= 0.6 is 23.2 Å². The van der Waals surface area contributed by atoms with Gasteiger partial charge < -0.3 is 29.6 Å². The van der Waals surface area contributed by atoms with Crippen LogP contribution in [0.5, 0.6) is 17.2 Å². The Hall–Kier alpha value is -5.34. The number of ether oxygens (including phenoxy) is 4. The zero-order chi connectivity index (χ0) is 34.1. The number of amides is 3. The van der Waals surface area contributed by atoms with Crippen LogP contribution < -0.4 is 30.3 Å². The summed E-state index contributed by atoms with van der Waals surface area (Å²) in [4.78, 5) is 47.7. The van der Waals surface area contributed by atoms with Crippen molar-refractivity contribution in [2.75, 3.05) is 20.3 Å². The normalized spacial score (nSPS) is 14.2. The van der Waals surface area contributed by atoms with E-state index in [4.69, 9.17) is 42.1 Å². The van der Waals surface area contributed by atoms with E-state index in [9.17, 15) is 24.5 Å². The number of nitrogens with zero attached hydrogens (tertiary/aromatic N) is 2. The van der Waals surface area contributed by atoms with E-state index in [1.807, 2.05) is 0 Å². The number of halogens is 2. The second kappa shape index (κ2) is 15.8. The van der Waals surface area contributed by atoms with Gasteiger partial charge in [0.15, 0.2) is 23.9 Å². The highest BCUT2D eigenvalue weighted by atomic mass is 35.5. The smallest absolute Gasteiger partial charge is 0.338 e. The molecular formula is C31H29Cl2N5O9. The fraction of sp³-hybridized carbons (Fsp3) is 0.226. The maximum atomic E-state index is 12.6. The van der Waals surface area contributed by atoms with E-state index in [-0.39, 0.29) is 51.8 Å². The van der Waals surface area contributed by atoms with Crippen molar-refractivity contribution in [1.82, 2.24) is 16.1 Å². The van der Waals surface area contributed by atoms with Gasteiger partial charge in [0.25, 0.3) is 11.6 Å². The Morgan fingerprint density at radius 3 is 2.51 bits per heavy atom. The Bertz CT molecular complexity index is 1740. The van der Waals surface area contributed by atoms with Crippen LogP contribution in [-0.2, 0) is 20.9 Å². The summed E-state index contributed by atoms with van der Waals surface area (Å²) in [7, 11) is 1.41. The standard InChI is InChI=1S/C31H29Cl2N5O9/c1-4-45-30(40)27-17(2)35-31(41)36-28(27)20-8-9-24(25(13-20)44-3)46-16-26(39)37-34-14-19-11-22(32)29(23(33)12-19)47-15-18-6-5-7-21(10-18)38(42)43/h5-14,28H,4,15-16H2,1-3H3,(H,37,39)(H2,35,36,41)/b34-14-/t28-/m1/s1. The fourth-order valence-electron chi connectivity index (χ4n) is 4.47. The maximum absolute atomic E-state index is 12.6. The number of methoxy groups -OCH3 is 1. The second-order valence-corrected chi connectivity index (χ2v) is 10.6. The number of hydrogen-bond acceptors (Lipinski definition) is 10. The van der Waals surface area contributed by atoms with Gasteiger partial charge >= 0.3 is 12.0 Å². The lowest BCUT2D eigenvalue weighted by molar-refractivity contribution is -0.384. The van der Waals surface area contributed by atoms with Crippen molar-refractivity contribution in [3.05, 3.63) is 103 Å². The highest BCUT2D eigenvalue weighted by Crippen LogP contribution is 2.36. The van der Waals surface area contributed by atoms with E-state index in [1.54, 1.807) is 44.2 Å². The molecule has 1 aliphatic heterocycles. The molecule has 0 spiro atoms. The number of benzene rings is 3. The fourth-order valence-corrected chi connectivity index (χ4v) is 5.08. The van der Waals surface area contributed by atoms with Gasteiger partial charge in [-0.15, -0.1) is 0 Å². The third kappa shape index (κ3) is 8.89. The van der Waals surface area contributed by atoms with Crippen LogP contribution in [0.2, 0.25) is 10.0 Å². The molecule has 14 nitrogen and oxygen atoms in total. The summed E-state index contributed by atoms with van der Waals surface area (Å²) in [6.07, 6.45) is 1.32. The van der Waals surface area contributed by atoms with Crippen LogP contribution in [-0.4, -0.2) is 49.4 Å². The third-order valence-electron chi connectivity index (χ3n) is 6.57. The van der Waals surface area contributed by atoms with Gasteiger partial charge in [0, 0.05) is 17.8 Å². The number of hydrogen-bond donors (Lipinski definition) is 3. The number of hydrazone groups is 1. The first-order valence-corrected chi connectivity index (χ1v) is 14.7. The van der Waals surface area contributed by atoms with Crippen molar-refractivity contribution in [2.45, 2.75) is 26.5 Å². The van der Waals surface area contributed by atoms with Crippen molar-refractivity contribution in [2.24, 2.45) is 5.10 Å². The minimum Gasteiger partial charge on any atom is -0.493 e. The van der Waals surface area contributed by atoms with Gasteiger partial charge in [0.1, 0.15) is 6.61 Å². The summed E-state index contributed by atoms with van der Waals surface area (Å²) < 4.78 is 21.9. The number of esters is 1. The summed E-state index contributed by atoms with van der Waals surface area (Å²) >= 11 is 12.7. The molecule has 0 saturated heterocycles. The lowest BCUT2D eigenvalue weighted by atomic mass is 9.95. The summed E-state index contributed by atoms with van der Waals surface area (Å²) in [5, 5.41) is 20.5. The molecule has 0 radical (unpaired) electrons. The molecule has 3 aromatic carbocycles. The minimum atomic E-state index is -0.807. The zero-order valence-corrected chi connectivity index (χ0v) is 26.8. The van der Waals surface area contributed by atoms with Crippen LogP contribution in [0, 0.1) is 10.1 Å². The summed E-state index contributed by atoms with van der Waals surface area (Å²) in [6, 6.07) is 12.5. The average Bonchev–Trinajstić information content (AvgIpc) is 3.03. The van der Waals surface area contributed by atoms with Crippen molar-refractivity contribution in [3.63, 3.8) is 0 Å². The highest BCUT2D eigenvalue weighted by molar-refractivity contribution is 6.37. The highest BCUT2D eigenvalue weighted by Gasteiger charge is 2.32. The molecule has 3 aromatic rings. The van der Waals surface area contributed by atoms with Crippen LogP contribution in [0.25, 0.3) is 0 Å². The van der Waals surface area contributed by atoms with Crippen molar-refractivity contribution >= 4 is 53.0 Å². The molecule has 0 fully saturated rings. The summed E-state index contributed by atoms with van der Waals surface area (Å²) in [5.41, 5.74) is 4.41. The molecule has 3 N–H and O–H groups in total. The Balaban J connectivity index is 1.35. The van der Waals surface area contributed by atoms with E-state index in [2.05, 4.69) is 21.2 Å². The number of nitrogens with one attached hydrogen (secondary N) is 3. The van der Waals surface area contributed by atoms with E-state index < -0.39 is 35.5 Å². The molecule has 0 bridgehead atoms. The van der Waals surface area contributed by atoms with Crippen molar-refractivity contribution in [3.8, 4) is 17.2 Å². The van der Waals surface area contributed by atoms with Crippen LogP contribution in [0.4, 0.5) is 10.5 Å². The van der Waals surface area contributed by atoms with E-state index in [0.717, 1.165) is 0 Å². The molecule has 4 rings (SSSR count). The van der Waals surface area contributed by atoms with Gasteiger partial charge in [0.2, 0.25) is 0 Å². The molecule has 0 unspecified atom stereocenters. The zero-order valence-electron chi connectivity index (χ0n) is 25.3. The van der Waals surface area contributed by atoms with Crippen LogP contribution in [0.3, 0.4) is 0 Å². The first-order chi connectivity index (χ1) is 22.5. The number of carbonyl (C=O) groups is 3. The largest absolute Gasteiger partial charge is 0.493 e. The molecule has 0 saturated carbocycles. The van der Waals surface area contributed by atoms with Crippen LogP contribution in [0.15, 0.2) is 71.0 Å². The SMILES string of the molecule is CCOC(=O)C1=C(C)NC(=O)N[C@@H]1c1ccc(OCC(=O)N/N=C\c2cc(Cl)c(OCc3cccc([N+](=O)[O-])c3)c(Cl)c2)c(OC)c1. The van der Waals surface area contributed by atoms with E-state index >= 15 is 0 Å². The van der Waals surface area contributed by atoms with Crippen molar-refractivity contribution < 1.29 is 38.3 Å². The number of rotatable bonds is 13. The maximum Gasteiger partial charge on any atom is 0.338 e. The monoisotopic (exact) mass is 685 g/mol. The van der Waals surface area contributed by atoms with Crippen LogP contribution in [0.1, 0.15) is 36.6 Å². The molecule has 47 heavy (non-hydrogen) atoms. The molecule has 246 valence electrons. The number of nitro benzene ring substituents is 1. The molecule has 3 amide bonds. The Morgan fingerprint density at radius 2 is 1.83 bits per heavy atom. The molecule has 16 heteroatoms. The number of non-ortho nitro benzene ring substituents is 1.